The van der Waals surface area contributed by atoms with Gasteiger partial charge in [-0.15, -0.1) is 0 Å². The number of carbonyl (C=O) groups is 2. The summed E-state index contributed by atoms with van der Waals surface area (Å²) in [4.78, 5) is 23.7. The summed E-state index contributed by atoms with van der Waals surface area (Å²) in [6, 6.07) is 6.00. The highest BCUT2D eigenvalue weighted by Gasteiger charge is 2.34. The molecule has 2 aromatic rings. The van der Waals surface area contributed by atoms with Gasteiger partial charge in [-0.1, -0.05) is 0 Å². The lowest BCUT2D eigenvalue weighted by atomic mass is 10.1. The molecule has 3 rings (SSSR count). The highest BCUT2D eigenvalue weighted by molar-refractivity contribution is 5.94. The zero-order valence-electron chi connectivity index (χ0n) is 14.0. The van der Waals surface area contributed by atoms with Gasteiger partial charge in [0.1, 0.15) is 6.54 Å². The second-order valence-electron chi connectivity index (χ2n) is 6.15. The van der Waals surface area contributed by atoms with Crippen molar-refractivity contribution in [1.82, 2.24) is 9.78 Å². The first kappa shape index (κ1) is 18.0. The number of halogens is 3. The Kier molecular flexibility index (Phi) is 4.71. The number of fused-ring (bicyclic) bond motifs is 1. The van der Waals surface area contributed by atoms with Gasteiger partial charge in [-0.05, 0) is 49.6 Å². The van der Waals surface area contributed by atoms with Crippen LogP contribution in [0.1, 0.15) is 29.8 Å². The van der Waals surface area contributed by atoms with Crippen molar-refractivity contribution in [3.8, 4) is 0 Å². The first-order chi connectivity index (χ1) is 12.2. The number of amides is 2. The second kappa shape index (κ2) is 6.81. The molecular formula is C17H17F3N4O2. The monoisotopic (exact) mass is 366 g/mol. The van der Waals surface area contributed by atoms with E-state index in [2.05, 4.69) is 15.7 Å². The lowest BCUT2D eigenvalue weighted by Crippen LogP contribution is -2.21. The lowest BCUT2D eigenvalue weighted by Gasteiger charge is -2.11. The number of aromatic nitrogens is 2. The summed E-state index contributed by atoms with van der Waals surface area (Å²) in [7, 11) is 0. The van der Waals surface area contributed by atoms with Crippen LogP contribution < -0.4 is 10.6 Å². The molecule has 2 amide bonds. The summed E-state index contributed by atoms with van der Waals surface area (Å²) < 4.78 is 39.1. The Bertz CT molecular complexity index is 858. The third-order valence-electron chi connectivity index (χ3n) is 4.08. The molecule has 1 aromatic carbocycles. The van der Waals surface area contributed by atoms with Gasteiger partial charge in [0.05, 0.1) is 0 Å². The van der Waals surface area contributed by atoms with Crippen molar-refractivity contribution in [1.29, 1.82) is 0 Å². The smallest absolute Gasteiger partial charge is 0.326 e. The van der Waals surface area contributed by atoms with Crippen LogP contribution in [-0.2, 0) is 28.7 Å². The minimum Gasteiger partial charge on any atom is -0.326 e. The SMILES string of the molecule is Cc1cc(C(F)(F)F)nn1CC(=O)Nc1ccc2c(c1)CCCC(=O)N2. The molecule has 6 nitrogen and oxygen atoms in total. The summed E-state index contributed by atoms with van der Waals surface area (Å²) >= 11 is 0. The van der Waals surface area contributed by atoms with Crippen LogP contribution in [0.5, 0.6) is 0 Å². The Morgan fingerprint density at radius 2 is 2.08 bits per heavy atom. The van der Waals surface area contributed by atoms with Gasteiger partial charge in [0, 0.05) is 23.5 Å². The number of benzene rings is 1. The van der Waals surface area contributed by atoms with Crippen LogP contribution in [0.25, 0.3) is 0 Å². The molecule has 1 aliphatic rings. The Balaban J connectivity index is 1.70. The van der Waals surface area contributed by atoms with Gasteiger partial charge in [0.15, 0.2) is 5.69 Å². The van der Waals surface area contributed by atoms with E-state index < -0.39 is 17.8 Å². The van der Waals surface area contributed by atoms with E-state index in [0.717, 1.165) is 16.3 Å². The fourth-order valence-corrected chi connectivity index (χ4v) is 2.80. The number of aryl methyl sites for hydroxylation is 2. The van der Waals surface area contributed by atoms with E-state index in [-0.39, 0.29) is 18.1 Å². The van der Waals surface area contributed by atoms with Crippen LogP contribution in [0.2, 0.25) is 0 Å². The zero-order chi connectivity index (χ0) is 18.9. The molecule has 0 radical (unpaired) electrons. The Labute approximate surface area is 147 Å². The van der Waals surface area contributed by atoms with E-state index in [4.69, 9.17) is 0 Å². The molecule has 0 fully saturated rings. The summed E-state index contributed by atoms with van der Waals surface area (Å²) in [5.74, 6) is -0.530. The summed E-state index contributed by atoms with van der Waals surface area (Å²) in [6.07, 6.45) is -2.70. The predicted octanol–water partition coefficient (Wildman–Crippen LogP) is 3.12. The average Bonchev–Trinajstić information content (AvgIpc) is 2.80. The molecule has 0 spiro atoms. The second-order valence-corrected chi connectivity index (χ2v) is 6.15. The molecule has 0 bridgehead atoms. The molecule has 26 heavy (non-hydrogen) atoms. The highest BCUT2D eigenvalue weighted by atomic mass is 19.4. The van der Waals surface area contributed by atoms with Crippen molar-refractivity contribution in [2.24, 2.45) is 0 Å². The topological polar surface area (TPSA) is 76.0 Å². The van der Waals surface area contributed by atoms with Crippen LogP contribution in [-0.4, -0.2) is 21.6 Å². The van der Waals surface area contributed by atoms with Crippen LogP contribution in [0.3, 0.4) is 0 Å². The first-order valence-electron chi connectivity index (χ1n) is 8.06. The third-order valence-corrected chi connectivity index (χ3v) is 4.08. The zero-order valence-corrected chi connectivity index (χ0v) is 14.0. The highest BCUT2D eigenvalue weighted by Crippen LogP contribution is 2.28. The molecule has 0 unspecified atom stereocenters. The van der Waals surface area contributed by atoms with Crippen LogP contribution in [0, 0.1) is 6.92 Å². The van der Waals surface area contributed by atoms with Crippen LogP contribution in [0.4, 0.5) is 24.5 Å². The third kappa shape index (κ3) is 4.04. The van der Waals surface area contributed by atoms with Crippen molar-refractivity contribution in [2.75, 3.05) is 10.6 Å². The van der Waals surface area contributed by atoms with Crippen LogP contribution in [0.15, 0.2) is 24.3 Å². The maximum absolute atomic E-state index is 12.7. The molecule has 0 saturated heterocycles. The number of hydrogen-bond donors (Lipinski definition) is 2. The van der Waals surface area contributed by atoms with E-state index >= 15 is 0 Å². The number of nitrogens with zero attached hydrogens (tertiary/aromatic N) is 2. The van der Waals surface area contributed by atoms with E-state index in [1.54, 1.807) is 18.2 Å². The normalized spacial score (nSPS) is 14.4. The molecule has 2 heterocycles. The number of anilines is 2. The summed E-state index contributed by atoms with van der Waals surface area (Å²) in [5.41, 5.74) is 1.36. The van der Waals surface area contributed by atoms with Gasteiger partial charge in [0.2, 0.25) is 11.8 Å². The molecule has 9 heteroatoms. The largest absolute Gasteiger partial charge is 0.435 e. The van der Waals surface area contributed by atoms with E-state index in [9.17, 15) is 22.8 Å². The predicted molar refractivity (Wildman–Crippen MR) is 88.6 cm³/mol. The molecule has 0 aliphatic carbocycles. The fraction of sp³-hybridized carbons (Fsp3) is 0.353. The molecule has 1 aliphatic heterocycles. The standard InChI is InChI=1S/C17H17F3N4O2/c1-10-7-14(17(18,19)20)23-24(10)9-16(26)21-12-5-6-13-11(8-12)3-2-4-15(25)22-13/h5-8H,2-4,9H2,1H3,(H,21,26)(H,22,25). The minimum atomic E-state index is -4.55. The van der Waals surface area contributed by atoms with E-state index in [1.807, 2.05) is 0 Å². The van der Waals surface area contributed by atoms with Gasteiger partial charge in [-0.25, -0.2) is 0 Å². The number of nitrogens with one attached hydrogen (secondary N) is 2. The molecule has 0 atom stereocenters. The number of rotatable bonds is 3. The van der Waals surface area contributed by atoms with Crippen molar-refractivity contribution < 1.29 is 22.8 Å². The van der Waals surface area contributed by atoms with Crippen molar-refractivity contribution >= 4 is 23.2 Å². The summed E-state index contributed by atoms with van der Waals surface area (Å²) in [5, 5.41) is 8.89. The number of carbonyl (C=O) groups excluding carboxylic acids is 2. The van der Waals surface area contributed by atoms with Gasteiger partial charge in [-0.2, -0.15) is 18.3 Å². The molecule has 1 aromatic heterocycles. The van der Waals surface area contributed by atoms with E-state index in [1.165, 1.54) is 6.92 Å². The number of hydrogen-bond acceptors (Lipinski definition) is 3. The van der Waals surface area contributed by atoms with Gasteiger partial charge in [-0.3, -0.25) is 14.3 Å². The van der Waals surface area contributed by atoms with Gasteiger partial charge in [0.25, 0.3) is 0 Å². The Hall–Kier alpha value is -2.84. The summed E-state index contributed by atoms with van der Waals surface area (Å²) in [6.45, 7) is 1.14. The molecule has 0 saturated carbocycles. The average molecular weight is 366 g/mol. The Morgan fingerprint density at radius 3 is 2.77 bits per heavy atom. The maximum atomic E-state index is 12.7. The Morgan fingerprint density at radius 1 is 1.31 bits per heavy atom. The molecule has 138 valence electrons. The van der Waals surface area contributed by atoms with Gasteiger partial charge >= 0.3 is 6.18 Å². The van der Waals surface area contributed by atoms with Crippen molar-refractivity contribution in [3.63, 3.8) is 0 Å². The van der Waals surface area contributed by atoms with Gasteiger partial charge < -0.3 is 10.6 Å². The minimum absolute atomic E-state index is 0.0461. The fourth-order valence-electron chi connectivity index (χ4n) is 2.80. The molecular weight excluding hydrogens is 349 g/mol. The van der Waals surface area contributed by atoms with Crippen molar-refractivity contribution in [2.45, 2.75) is 38.9 Å². The molecule has 2 N–H and O–H groups in total. The van der Waals surface area contributed by atoms with Crippen molar-refractivity contribution in [3.05, 3.63) is 41.2 Å². The lowest BCUT2D eigenvalue weighted by molar-refractivity contribution is -0.141. The maximum Gasteiger partial charge on any atom is 0.435 e. The quantitative estimate of drug-likeness (QED) is 0.876. The van der Waals surface area contributed by atoms with E-state index in [0.29, 0.717) is 30.6 Å². The first-order valence-corrected chi connectivity index (χ1v) is 8.06. The van der Waals surface area contributed by atoms with Crippen LogP contribution >= 0.6 is 0 Å². The number of alkyl halides is 3.